The number of hydrogen-bond donors (Lipinski definition) is 1. The molecule has 0 aliphatic heterocycles. The van der Waals surface area contributed by atoms with Gasteiger partial charge in [-0.05, 0) is 24.3 Å². The Balaban J connectivity index is 2.76. The zero-order valence-corrected chi connectivity index (χ0v) is 8.97. The average Bonchev–Trinajstić information content (AvgIpc) is 2.03. The van der Waals surface area contributed by atoms with E-state index < -0.39 is 7.29 Å². The second-order valence-electron chi connectivity index (χ2n) is 3.19. The Hall–Kier alpha value is -0.950. The Morgan fingerprint density at radius 2 is 1.77 bits per heavy atom. The summed E-state index contributed by atoms with van der Waals surface area (Å²) in [5, 5.41) is 2.93. The van der Waals surface area contributed by atoms with E-state index in [0.717, 1.165) is 11.4 Å². The van der Waals surface area contributed by atoms with Crippen LogP contribution in [0.1, 0.15) is 0 Å². The van der Waals surface area contributed by atoms with Crippen molar-refractivity contribution in [1.29, 1.82) is 0 Å². The lowest BCUT2D eigenvalue weighted by Gasteiger charge is -2.10. The van der Waals surface area contributed by atoms with Gasteiger partial charge in [-0.1, -0.05) is 0 Å². The van der Waals surface area contributed by atoms with Crippen molar-refractivity contribution in [2.24, 2.45) is 0 Å². The van der Waals surface area contributed by atoms with Crippen LogP contribution in [0.15, 0.2) is 24.3 Å². The van der Waals surface area contributed by atoms with Gasteiger partial charge in [0.1, 0.15) is 5.75 Å². The average molecular weight is 199 g/mol. The minimum Gasteiger partial charge on any atom is -0.497 e. The molecule has 0 radical (unpaired) electrons. The van der Waals surface area contributed by atoms with Crippen molar-refractivity contribution < 1.29 is 9.30 Å². The summed E-state index contributed by atoms with van der Waals surface area (Å²) >= 11 is 0. The van der Waals surface area contributed by atoms with Crippen molar-refractivity contribution in [2.45, 2.75) is 0 Å². The normalized spacial score (nSPS) is 11.0. The summed E-state index contributed by atoms with van der Waals surface area (Å²) in [5.74, 6) is 0.799. The van der Waals surface area contributed by atoms with Gasteiger partial charge in [-0.25, -0.2) is 0 Å². The third-order valence-electron chi connectivity index (χ3n) is 1.49. The molecule has 3 nitrogen and oxygen atoms in total. The molecule has 0 aliphatic rings. The highest BCUT2D eigenvalue weighted by Gasteiger charge is 2.05. The number of benzene rings is 1. The summed E-state index contributed by atoms with van der Waals surface area (Å²) in [6, 6.07) is 7.35. The van der Waals surface area contributed by atoms with Crippen molar-refractivity contribution in [3.63, 3.8) is 0 Å². The Morgan fingerprint density at radius 3 is 2.15 bits per heavy atom. The van der Waals surface area contributed by atoms with Crippen molar-refractivity contribution in [1.82, 2.24) is 0 Å². The van der Waals surface area contributed by atoms with Gasteiger partial charge in [0.2, 0.25) is 0 Å². The van der Waals surface area contributed by atoms with Crippen LogP contribution in [0.2, 0.25) is 0 Å². The largest absolute Gasteiger partial charge is 0.497 e. The first-order chi connectivity index (χ1) is 6.01. The molecule has 1 aromatic carbocycles. The minimum absolute atomic E-state index is 0.799. The molecule has 1 aromatic rings. The van der Waals surface area contributed by atoms with Gasteiger partial charge < -0.3 is 14.4 Å². The SMILES string of the molecule is COc1ccc(NP(C)(C)=O)cc1. The summed E-state index contributed by atoms with van der Waals surface area (Å²) in [4.78, 5) is 0. The molecule has 0 atom stereocenters. The monoisotopic (exact) mass is 199 g/mol. The molecule has 1 rings (SSSR count). The Labute approximate surface area is 78.5 Å². The van der Waals surface area contributed by atoms with E-state index in [9.17, 15) is 4.57 Å². The first-order valence-corrected chi connectivity index (χ1v) is 6.59. The van der Waals surface area contributed by atoms with E-state index in [-0.39, 0.29) is 0 Å². The molecule has 0 unspecified atom stereocenters. The Kier molecular flexibility index (Phi) is 2.99. The first kappa shape index (κ1) is 10.1. The molecule has 0 saturated heterocycles. The highest BCUT2D eigenvalue weighted by atomic mass is 31.2. The molecule has 0 spiro atoms. The third kappa shape index (κ3) is 3.51. The fraction of sp³-hybridized carbons (Fsp3) is 0.333. The lowest BCUT2D eigenvalue weighted by atomic mass is 10.3. The summed E-state index contributed by atoms with van der Waals surface area (Å²) in [6.45, 7) is 3.38. The molecule has 0 aromatic heterocycles. The van der Waals surface area contributed by atoms with E-state index in [4.69, 9.17) is 4.74 Å². The predicted molar refractivity (Wildman–Crippen MR) is 56.1 cm³/mol. The Bertz CT molecular complexity index is 315. The molecular weight excluding hydrogens is 185 g/mol. The van der Waals surface area contributed by atoms with E-state index in [1.165, 1.54) is 0 Å². The maximum absolute atomic E-state index is 11.4. The molecule has 0 amide bonds. The molecule has 0 fully saturated rings. The molecule has 0 bridgehead atoms. The molecule has 13 heavy (non-hydrogen) atoms. The summed E-state index contributed by atoms with van der Waals surface area (Å²) < 4.78 is 16.4. The van der Waals surface area contributed by atoms with Gasteiger partial charge in [-0.3, -0.25) is 0 Å². The van der Waals surface area contributed by atoms with E-state index >= 15 is 0 Å². The summed E-state index contributed by atoms with van der Waals surface area (Å²) in [5.41, 5.74) is 0.856. The van der Waals surface area contributed by atoms with E-state index in [0.29, 0.717) is 0 Å². The van der Waals surface area contributed by atoms with Gasteiger partial charge >= 0.3 is 0 Å². The van der Waals surface area contributed by atoms with Crippen LogP contribution < -0.4 is 9.82 Å². The van der Waals surface area contributed by atoms with Crippen molar-refractivity contribution in [3.8, 4) is 5.75 Å². The van der Waals surface area contributed by atoms with Gasteiger partial charge in [0.05, 0.1) is 7.11 Å². The number of ether oxygens (including phenoxy) is 1. The highest BCUT2D eigenvalue weighted by Crippen LogP contribution is 2.36. The molecule has 4 heteroatoms. The zero-order chi connectivity index (χ0) is 9.90. The second kappa shape index (κ2) is 3.84. The first-order valence-electron chi connectivity index (χ1n) is 3.98. The molecule has 0 saturated carbocycles. The van der Waals surface area contributed by atoms with Gasteiger partial charge in [-0.2, -0.15) is 0 Å². The zero-order valence-electron chi connectivity index (χ0n) is 8.07. The molecule has 0 aliphatic carbocycles. The molecule has 72 valence electrons. The van der Waals surface area contributed by atoms with E-state index in [2.05, 4.69) is 5.09 Å². The van der Waals surface area contributed by atoms with Crippen molar-refractivity contribution in [3.05, 3.63) is 24.3 Å². The fourth-order valence-corrected chi connectivity index (χ4v) is 1.75. The van der Waals surface area contributed by atoms with Crippen LogP contribution in [0.5, 0.6) is 5.75 Å². The summed E-state index contributed by atoms with van der Waals surface area (Å²) in [7, 11) is -0.584. The lowest BCUT2D eigenvalue weighted by molar-refractivity contribution is 0.415. The Morgan fingerprint density at radius 1 is 1.23 bits per heavy atom. The van der Waals surface area contributed by atoms with Crippen LogP contribution in [0, 0.1) is 0 Å². The van der Waals surface area contributed by atoms with E-state index in [1.807, 2.05) is 24.3 Å². The van der Waals surface area contributed by atoms with Crippen molar-refractivity contribution in [2.75, 3.05) is 25.5 Å². The lowest BCUT2D eigenvalue weighted by Crippen LogP contribution is -1.93. The molecule has 1 N–H and O–H groups in total. The fourth-order valence-electron chi connectivity index (χ4n) is 0.976. The standard InChI is InChI=1S/C9H14NO2P/c1-12-9-6-4-8(5-7-9)10-13(2,3)11/h4-7H,1-3H3,(H,10,11). The minimum atomic E-state index is -2.20. The third-order valence-corrected chi connectivity index (χ3v) is 2.29. The number of nitrogens with one attached hydrogen (secondary N) is 1. The summed E-state index contributed by atoms with van der Waals surface area (Å²) in [6.07, 6.45) is 0. The maximum Gasteiger partial charge on any atom is 0.164 e. The maximum atomic E-state index is 11.4. The van der Waals surface area contributed by atoms with Crippen LogP contribution in [0.3, 0.4) is 0 Å². The quantitative estimate of drug-likeness (QED) is 0.760. The van der Waals surface area contributed by atoms with Crippen LogP contribution in [-0.2, 0) is 4.57 Å². The van der Waals surface area contributed by atoms with Crippen molar-refractivity contribution >= 4 is 13.0 Å². The van der Waals surface area contributed by atoms with Crippen LogP contribution in [-0.4, -0.2) is 20.4 Å². The highest BCUT2D eigenvalue weighted by molar-refractivity contribution is 7.63. The predicted octanol–water partition coefficient (Wildman–Crippen LogP) is 2.64. The van der Waals surface area contributed by atoms with Crippen LogP contribution >= 0.6 is 7.29 Å². The van der Waals surface area contributed by atoms with Gasteiger partial charge in [0, 0.05) is 19.0 Å². The number of methoxy groups -OCH3 is 1. The number of rotatable bonds is 3. The second-order valence-corrected chi connectivity index (χ2v) is 6.12. The van der Waals surface area contributed by atoms with E-state index in [1.54, 1.807) is 20.4 Å². The van der Waals surface area contributed by atoms with Gasteiger partial charge in [0.15, 0.2) is 7.29 Å². The molecular formula is C9H14NO2P. The van der Waals surface area contributed by atoms with Gasteiger partial charge in [0.25, 0.3) is 0 Å². The number of anilines is 1. The molecule has 0 heterocycles. The number of hydrogen-bond acceptors (Lipinski definition) is 2. The smallest absolute Gasteiger partial charge is 0.164 e. The van der Waals surface area contributed by atoms with Gasteiger partial charge in [-0.15, -0.1) is 0 Å². The van der Waals surface area contributed by atoms with Crippen LogP contribution in [0.25, 0.3) is 0 Å². The topological polar surface area (TPSA) is 38.3 Å². The van der Waals surface area contributed by atoms with Crippen LogP contribution in [0.4, 0.5) is 5.69 Å².